The zero-order valence-corrected chi connectivity index (χ0v) is 23.1. The van der Waals surface area contributed by atoms with E-state index in [0.717, 1.165) is 6.16 Å². The van der Waals surface area contributed by atoms with E-state index in [0.29, 0.717) is 0 Å². The van der Waals surface area contributed by atoms with Crippen molar-refractivity contribution in [1.29, 1.82) is 0 Å². The molecule has 0 unspecified atom stereocenters. The molecule has 0 saturated carbocycles. The van der Waals surface area contributed by atoms with E-state index >= 15 is 0 Å². The SMILES string of the molecule is Cc1c([P+](Cc2ccccc2)(c2ccccc2)c2ccccc2)ccc(-c2ccccc2)c1-c1ccccc1. The lowest BCUT2D eigenvalue weighted by atomic mass is 9.91. The van der Waals surface area contributed by atoms with Gasteiger partial charge >= 0.3 is 0 Å². The van der Waals surface area contributed by atoms with Gasteiger partial charge in [0, 0.05) is 5.56 Å². The predicted octanol–water partition coefficient (Wildman–Crippen LogP) is 8.82. The van der Waals surface area contributed by atoms with Gasteiger partial charge in [-0.25, -0.2) is 0 Å². The molecular formula is C38H32P+. The van der Waals surface area contributed by atoms with Gasteiger partial charge in [0.2, 0.25) is 0 Å². The van der Waals surface area contributed by atoms with Crippen LogP contribution in [0.1, 0.15) is 11.1 Å². The van der Waals surface area contributed by atoms with Crippen LogP contribution in [0.25, 0.3) is 22.3 Å². The normalized spacial score (nSPS) is 11.3. The molecule has 0 saturated heterocycles. The van der Waals surface area contributed by atoms with E-state index in [9.17, 15) is 0 Å². The lowest BCUT2D eigenvalue weighted by molar-refractivity contribution is 1.38. The molecule has 0 fully saturated rings. The first-order chi connectivity index (χ1) is 19.3. The first-order valence-corrected chi connectivity index (χ1v) is 15.5. The summed E-state index contributed by atoms with van der Waals surface area (Å²) >= 11 is 0. The van der Waals surface area contributed by atoms with Crippen molar-refractivity contribution in [2.45, 2.75) is 13.1 Å². The van der Waals surface area contributed by atoms with Crippen molar-refractivity contribution in [3.63, 3.8) is 0 Å². The average Bonchev–Trinajstić information content (AvgIpc) is 3.02. The minimum Gasteiger partial charge on any atom is -0.0622 e. The standard InChI is InChI=1S/C38H32P/c1-30-37(28-27-36(32-19-9-3-10-20-32)38(30)33-21-11-4-12-22-33)39(34-23-13-5-14-24-34,35-25-15-6-16-26-35)29-31-17-7-2-8-18-31/h2-28H,29H2,1H3/q+1. The molecule has 0 heterocycles. The molecule has 0 amide bonds. The van der Waals surface area contributed by atoms with Crippen molar-refractivity contribution in [2.24, 2.45) is 0 Å². The quantitative estimate of drug-likeness (QED) is 0.185. The van der Waals surface area contributed by atoms with Gasteiger partial charge in [-0.1, -0.05) is 127 Å². The van der Waals surface area contributed by atoms with Crippen LogP contribution in [-0.2, 0) is 6.16 Å². The van der Waals surface area contributed by atoms with Gasteiger partial charge in [-0.15, -0.1) is 0 Å². The predicted molar refractivity (Wildman–Crippen MR) is 171 cm³/mol. The van der Waals surface area contributed by atoms with Gasteiger partial charge in [0.15, 0.2) is 0 Å². The monoisotopic (exact) mass is 519 g/mol. The Morgan fingerprint density at radius 2 is 0.872 bits per heavy atom. The van der Waals surface area contributed by atoms with Crippen molar-refractivity contribution >= 4 is 23.2 Å². The minimum absolute atomic E-state index is 0.974. The highest BCUT2D eigenvalue weighted by Crippen LogP contribution is 2.59. The van der Waals surface area contributed by atoms with E-state index in [1.54, 1.807) is 0 Å². The van der Waals surface area contributed by atoms with Crippen LogP contribution in [0.15, 0.2) is 164 Å². The van der Waals surface area contributed by atoms with Crippen molar-refractivity contribution in [3.8, 4) is 22.3 Å². The maximum Gasteiger partial charge on any atom is 0.116 e. The van der Waals surface area contributed by atoms with E-state index in [1.807, 2.05) is 0 Å². The molecule has 0 spiro atoms. The largest absolute Gasteiger partial charge is 0.116 e. The fraction of sp³-hybridized carbons (Fsp3) is 0.0526. The molecule has 39 heavy (non-hydrogen) atoms. The molecule has 6 aromatic rings. The lowest BCUT2D eigenvalue weighted by Crippen LogP contribution is -2.34. The third-order valence-corrected chi connectivity index (χ3v) is 12.2. The smallest absolute Gasteiger partial charge is 0.0622 e. The van der Waals surface area contributed by atoms with E-state index in [-0.39, 0.29) is 0 Å². The lowest BCUT2D eigenvalue weighted by Gasteiger charge is -2.30. The molecule has 0 aliphatic heterocycles. The second kappa shape index (κ2) is 11.2. The van der Waals surface area contributed by atoms with E-state index in [2.05, 4.69) is 171 Å². The third-order valence-electron chi connectivity index (χ3n) is 7.65. The van der Waals surface area contributed by atoms with Gasteiger partial charge in [0.05, 0.1) is 6.16 Å². The topological polar surface area (TPSA) is 0 Å². The Hall–Kier alpha value is -4.25. The number of rotatable bonds is 7. The fourth-order valence-corrected chi connectivity index (χ4v) is 10.4. The molecule has 6 rings (SSSR count). The Bertz CT molecular complexity index is 1600. The number of hydrogen-bond donors (Lipinski definition) is 0. The van der Waals surface area contributed by atoms with Crippen molar-refractivity contribution in [3.05, 3.63) is 175 Å². The summed E-state index contributed by atoms with van der Waals surface area (Å²) in [6.07, 6.45) is 0.974. The van der Waals surface area contributed by atoms with Crippen LogP contribution in [0.2, 0.25) is 0 Å². The molecule has 0 N–H and O–H groups in total. The van der Waals surface area contributed by atoms with Gasteiger partial charge in [-0.05, 0) is 71.1 Å². The van der Waals surface area contributed by atoms with Crippen LogP contribution >= 0.6 is 7.26 Å². The first-order valence-electron chi connectivity index (χ1n) is 13.6. The molecule has 0 radical (unpaired) electrons. The summed E-state index contributed by atoms with van der Waals surface area (Å²) in [7, 11) is -2.07. The Morgan fingerprint density at radius 1 is 0.436 bits per heavy atom. The van der Waals surface area contributed by atoms with Crippen molar-refractivity contribution < 1.29 is 0 Å². The van der Waals surface area contributed by atoms with Crippen LogP contribution in [-0.4, -0.2) is 0 Å². The van der Waals surface area contributed by atoms with Gasteiger partial charge in [-0.2, -0.15) is 0 Å². The summed E-state index contributed by atoms with van der Waals surface area (Å²) in [6.45, 7) is 2.34. The second-order valence-corrected chi connectivity index (χ2v) is 13.4. The van der Waals surface area contributed by atoms with Crippen LogP contribution in [0.4, 0.5) is 0 Å². The van der Waals surface area contributed by atoms with Crippen molar-refractivity contribution in [1.82, 2.24) is 0 Å². The van der Waals surface area contributed by atoms with Crippen LogP contribution in [0, 0.1) is 6.92 Å². The Labute approximate surface area is 233 Å². The van der Waals surface area contributed by atoms with Gasteiger partial charge in [0.1, 0.15) is 23.2 Å². The highest BCUT2D eigenvalue weighted by atomic mass is 31.2. The molecule has 1 heteroatoms. The fourth-order valence-electron chi connectivity index (χ4n) is 5.87. The molecule has 6 aromatic carbocycles. The summed E-state index contributed by atoms with van der Waals surface area (Å²) in [5.74, 6) is 0. The van der Waals surface area contributed by atoms with Crippen molar-refractivity contribution in [2.75, 3.05) is 0 Å². The first kappa shape index (κ1) is 25.1. The van der Waals surface area contributed by atoms with Crippen LogP contribution < -0.4 is 15.9 Å². The van der Waals surface area contributed by atoms with Gasteiger partial charge in [-0.3, -0.25) is 0 Å². The Balaban J connectivity index is 1.71. The average molecular weight is 520 g/mol. The molecule has 0 aliphatic rings. The van der Waals surface area contributed by atoms with Gasteiger partial charge in [0.25, 0.3) is 0 Å². The summed E-state index contributed by atoms with van der Waals surface area (Å²) in [6, 6.07) is 60.0. The summed E-state index contributed by atoms with van der Waals surface area (Å²) in [4.78, 5) is 0. The van der Waals surface area contributed by atoms with Gasteiger partial charge < -0.3 is 0 Å². The molecule has 0 aromatic heterocycles. The van der Waals surface area contributed by atoms with E-state index in [1.165, 1.54) is 49.3 Å². The highest BCUT2D eigenvalue weighted by Gasteiger charge is 2.47. The Kier molecular flexibility index (Phi) is 7.22. The van der Waals surface area contributed by atoms with Crippen LogP contribution in [0.5, 0.6) is 0 Å². The maximum atomic E-state index is 2.43. The second-order valence-electron chi connectivity index (χ2n) is 9.99. The highest BCUT2D eigenvalue weighted by molar-refractivity contribution is 7.95. The van der Waals surface area contributed by atoms with E-state index in [4.69, 9.17) is 0 Å². The summed E-state index contributed by atoms with van der Waals surface area (Å²) in [5.41, 5.74) is 7.84. The zero-order valence-electron chi connectivity index (χ0n) is 22.2. The minimum atomic E-state index is -2.07. The molecular weight excluding hydrogens is 487 g/mol. The summed E-state index contributed by atoms with van der Waals surface area (Å²) in [5, 5.41) is 4.27. The van der Waals surface area contributed by atoms with E-state index < -0.39 is 7.26 Å². The zero-order chi connectivity index (χ0) is 26.5. The molecule has 0 bridgehead atoms. The third kappa shape index (κ3) is 4.85. The molecule has 0 aliphatic carbocycles. The number of hydrogen-bond acceptors (Lipinski definition) is 0. The maximum absolute atomic E-state index is 2.43. The molecule has 0 nitrogen and oxygen atoms in total. The Morgan fingerprint density at radius 3 is 1.38 bits per heavy atom. The molecule has 188 valence electrons. The summed E-state index contributed by atoms with van der Waals surface area (Å²) < 4.78 is 0. The molecule has 0 atom stereocenters. The van der Waals surface area contributed by atoms with Crippen LogP contribution in [0.3, 0.4) is 0 Å². The number of benzene rings is 6.